The third-order valence-electron chi connectivity index (χ3n) is 5.43. The van der Waals surface area contributed by atoms with Crippen molar-refractivity contribution in [2.45, 2.75) is 31.0 Å². The van der Waals surface area contributed by atoms with E-state index < -0.39 is 18.5 Å². The van der Waals surface area contributed by atoms with Crippen molar-refractivity contribution in [3.8, 4) is 11.3 Å². The minimum atomic E-state index is -3.84. The zero-order chi connectivity index (χ0) is 20.2. The topological polar surface area (TPSA) is 130 Å². The van der Waals surface area contributed by atoms with Crippen molar-refractivity contribution in [2.24, 2.45) is 5.73 Å². The van der Waals surface area contributed by atoms with Crippen molar-refractivity contribution in [3.05, 3.63) is 42.1 Å². The SMILES string of the molecule is NCCCCC1(C(=O)O)CN(Cc2ccccc2-c2ccno2)CCP1(=O)O. The average Bonchev–Trinajstić information content (AvgIpc) is 3.19. The molecule has 3 rings (SSSR count). The van der Waals surface area contributed by atoms with Crippen molar-refractivity contribution in [1.82, 2.24) is 10.1 Å². The van der Waals surface area contributed by atoms with Crippen LogP contribution in [0.2, 0.25) is 0 Å². The van der Waals surface area contributed by atoms with E-state index in [9.17, 15) is 19.4 Å². The molecule has 1 fully saturated rings. The van der Waals surface area contributed by atoms with Gasteiger partial charge in [0.2, 0.25) is 7.37 Å². The van der Waals surface area contributed by atoms with E-state index in [1.807, 2.05) is 29.2 Å². The molecule has 2 aromatic rings. The van der Waals surface area contributed by atoms with Crippen LogP contribution in [0.5, 0.6) is 0 Å². The summed E-state index contributed by atoms with van der Waals surface area (Å²) in [4.78, 5) is 24.6. The number of carboxylic acids is 1. The highest BCUT2D eigenvalue weighted by molar-refractivity contribution is 7.61. The van der Waals surface area contributed by atoms with Crippen LogP contribution in [0, 0.1) is 0 Å². The predicted molar refractivity (Wildman–Crippen MR) is 105 cm³/mol. The van der Waals surface area contributed by atoms with Crippen LogP contribution in [-0.4, -0.2) is 57.0 Å². The van der Waals surface area contributed by atoms with E-state index in [0.29, 0.717) is 38.2 Å². The quantitative estimate of drug-likeness (QED) is 0.449. The summed E-state index contributed by atoms with van der Waals surface area (Å²) in [7, 11) is -3.84. The van der Waals surface area contributed by atoms with E-state index >= 15 is 0 Å². The van der Waals surface area contributed by atoms with Crippen LogP contribution in [0.4, 0.5) is 0 Å². The van der Waals surface area contributed by atoms with Crippen molar-refractivity contribution in [3.63, 3.8) is 0 Å². The maximum atomic E-state index is 12.9. The maximum absolute atomic E-state index is 12.9. The van der Waals surface area contributed by atoms with E-state index in [2.05, 4.69) is 5.16 Å². The molecular weight excluding hydrogens is 381 g/mol. The van der Waals surface area contributed by atoms with Gasteiger partial charge in [-0.15, -0.1) is 0 Å². The minimum absolute atomic E-state index is 0.0332. The number of unbranched alkanes of at least 4 members (excludes halogenated alkanes) is 1. The second-order valence-electron chi connectivity index (χ2n) is 7.25. The fourth-order valence-electron chi connectivity index (χ4n) is 3.82. The number of benzene rings is 1. The van der Waals surface area contributed by atoms with Crippen LogP contribution in [0.25, 0.3) is 11.3 Å². The number of hydrogen-bond donors (Lipinski definition) is 3. The third kappa shape index (κ3) is 4.05. The number of hydrogen-bond acceptors (Lipinski definition) is 6. The number of rotatable bonds is 8. The van der Waals surface area contributed by atoms with Gasteiger partial charge >= 0.3 is 5.97 Å². The Labute approximate surface area is 163 Å². The molecule has 8 nitrogen and oxygen atoms in total. The summed E-state index contributed by atoms with van der Waals surface area (Å²) in [5.41, 5.74) is 7.35. The lowest BCUT2D eigenvalue weighted by molar-refractivity contribution is -0.141. The minimum Gasteiger partial charge on any atom is -0.480 e. The Morgan fingerprint density at radius 3 is 2.79 bits per heavy atom. The van der Waals surface area contributed by atoms with Crippen molar-refractivity contribution in [2.75, 3.05) is 25.8 Å². The van der Waals surface area contributed by atoms with E-state index in [-0.39, 0.29) is 19.1 Å². The highest BCUT2D eigenvalue weighted by Crippen LogP contribution is 2.59. The lowest BCUT2D eigenvalue weighted by atomic mass is 9.98. The summed E-state index contributed by atoms with van der Waals surface area (Å²) < 4.78 is 18.1. The largest absolute Gasteiger partial charge is 0.480 e. The van der Waals surface area contributed by atoms with Crippen molar-refractivity contribution < 1.29 is 23.9 Å². The Morgan fingerprint density at radius 1 is 1.32 bits per heavy atom. The highest BCUT2D eigenvalue weighted by Gasteiger charge is 2.56. The van der Waals surface area contributed by atoms with Gasteiger partial charge in [0.25, 0.3) is 0 Å². The zero-order valence-corrected chi connectivity index (χ0v) is 16.6. The number of carboxylic acid groups (broad SMARTS) is 1. The van der Waals surface area contributed by atoms with Crippen LogP contribution in [0.1, 0.15) is 24.8 Å². The van der Waals surface area contributed by atoms with Gasteiger partial charge in [-0.05, 0) is 24.9 Å². The molecule has 0 bridgehead atoms. The summed E-state index contributed by atoms with van der Waals surface area (Å²) in [5.74, 6) is -0.573. The molecule has 0 amide bonds. The van der Waals surface area contributed by atoms with Gasteiger partial charge in [-0.25, -0.2) is 0 Å². The molecule has 1 aromatic carbocycles. The summed E-state index contributed by atoms with van der Waals surface area (Å²) in [6, 6.07) is 9.44. The van der Waals surface area contributed by atoms with E-state index in [4.69, 9.17) is 10.3 Å². The summed E-state index contributed by atoms with van der Waals surface area (Å²) in [6.07, 6.45) is 2.82. The van der Waals surface area contributed by atoms with Gasteiger partial charge in [0.15, 0.2) is 10.9 Å². The Bertz CT molecular complexity index is 857. The standard InChI is InChI=1S/C19H26N3O5P/c20-9-4-3-8-19(18(23)24)14-22(11-12-28(19,25)26)13-15-5-1-2-6-16(15)17-7-10-21-27-17/h1-2,5-7,10H,3-4,8-9,11-14,20H2,(H,23,24)(H,25,26). The summed E-state index contributed by atoms with van der Waals surface area (Å²) in [6.45, 7) is 1.29. The van der Waals surface area contributed by atoms with Gasteiger partial charge < -0.3 is 20.3 Å². The van der Waals surface area contributed by atoms with Crippen LogP contribution < -0.4 is 5.73 Å². The summed E-state index contributed by atoms with van der Waals surface area (Å²) >= 11 is 0. The Hall–Kier alpha value is -1.99. The maximum Gasteiger partial charge on any atom is 0.320 e. The normalized spacial score (nSPS) is 25.6. The molecule has 2 unspecified atom stereocenters. The molecule has 0 radical (unpaired) electrons. The number of aliphatic carboxylic acids is 1. The fraction of sp³-hybridized carbons (Fsp3) is 0.474. The highest BCUT2D eigenvalue weighted by atomic mass is 31.2. The number of carbonyl (C=O) groups is 1. The number of nitrogens with zero attached hydrogens (tertiary/aromatic N) is 2. The first-order valence-electron chi connectivity index (χ1n) is 9.36. The summed E-state index contributed by atoms with van der Waals surface area (Å²) in [5, 5.41) is 12.0. The zero-order valence-electron chi connectivity index (χ0n) is 15.7. The first kappa shape index (κ1) is 20.7. The monoisotopic (exact) mass is 407 g/mol. The lowest BCUT2D eigenvalue weighted by Gasteiger charge is -2.43. The molecule has 2 heterocycles. The van der Waals surface area contributed by atoms with Crippen LogP contribution in [0.15, 0.2) is 41.1 Å². The Kier molecular flexibility index (Phi) is 6.35. The number of aromatic nitrogens is 1. The molecule has 152 valence electrons. The molecule has 4 N–H and O–H groups in total. The smallest absolute Gasteiger partial charge is 0.320 e. The Balaban J connectivity index is 1.85. The molecule has 28 heavy (non-hydrogen) atoms. The molecule has 0 spiro atoms. The first-order valence-corrected chi connectivity index (χ1v) is 11.2. The van der Waals surface area contributed by atoms with Gasteiger partial charge in [0.1, 0.15) is 0 Å². The van der Waals surface area contributed by atoms with Crippen molar-refractivity contribution in [1.29, 1.82) is 0 Å². The lowest BCUT2D eigenvalue weighted by Crippen LogP contribution is -2.53. The molecule has 1 aliphatic rings. The van der Waals surface area contributed by atoms with Crippen LogP contribution in [0.3, 0.4) is 0 Å². The van der Waals surface area contributed by atoms with Crippen LogP contribution >= 0.6 is 7.37 Å². The Morgan fingerprint density at radius 2 is 2.11 bits per heavy atom. The van der Waals surface area contributed by atoms with Gasteiger partial charge in [-0.3, -0.25) is 14.3 Å². The second kappa shape index (κ2) is 8.57. The van der Waals surface area contributed by atoms with Gasteiger partial charge in [-0.2, -0.15) is 0 Å². The second-order valence-corrected chi connectivity index (χ2v) is 9.96. The molecule has 0 aliphatic carbocycles. The predicted octanol–water partition coefficient (Wildman–Crippen LogP) is 2.38. The van der Waals surface area contributed by atoms with E-state index in [1.165, 1.54) is 0 Å². The fourth-order valence-corrected chi connectivity index (χ4v) is 6.03. The number of nitrogens with two attached hydrogens (primary N) is 1. The van der Waals surface area contributed by atoms with Crippen LogP contribution in [-0.2, 0) is 15.9 Å². The van der Waals surface area contributed by atoms with E-state index in [1.54, 1.807) is 12.3 Å². The molecule has 2 atom stereocenters. The molecule has 9 heteroatoms. The molecule has 1 aliphatic heterocycles. The average molecular weight is 407 g/mol. The molecule has 1 aromatic heterocycles. The van der Waals surface area contributed by atoms with Gasteiger partial charge in [0, 0.05) is 37.4 Å². The van der Waals surface area contributed by atoms with Gasteiger partial charge in [0.05, 0.1) is 6.20 Å². The van der Waals surface area contributed by atoms with E-state index in [0.717, 1.165) is 11.1 Å². The third-order valence-corrected chi connectivity index (χ3v) is 8.13. The molecular formula is C19H26N3O5P. The van der Waals surface area contributed by atoms with Gasteiger partial charge in [-0.1, -0.05) is 35.8 Å². The van der Waals surface area contributed by atoms with Crippen molar-refractivity contribution >= 4 is 13.3 Å². The first-order chi connectivity index (χ1) is 13.4. The molecule has 1 saturated heterocycles. The molecule has 0 saturated carbocycles.